The summed E-state index contributed by atoms with van der Waals surface area (Å²) in [5, 5.41) is 0. The molecule has 0 radical (unpaired) electrons. The largest absolute Gasteiger partial charge is 0.438 e. The van der Waals surface area contributed by atoms with E-state index in [9.17, 15) is 4.79 Å². The van der Waals surface area contributed by atoms with Crippen LogP contribution in [0.15, 0.2) is 10.6 Å². The lowest BCUT2D eigenvalue weighted by atomic mass is 10.0. The zero-order chi connectivity index (χ0) is 12.4. The molecule has 2 rings (SSSR count). The number of aryl methyl sites for hydroxylation is 1. The van der Waals surface area contributed by atoms with Gasteiger partial charge in [-0.05, 0) is 39.9 Å². The minimum absolute atomic E-state index is 0.118. The second-order valence-corrected chi connectivity index (χ2v) is 4.73. The summed E-state index contributed by atoms with van der Waals surface area (Å²) >= 11 is 0. The van der Waals surface area contributed by atoms with Crippen molar-refractivity contribution in [2.24, 2.45) is 0 Å². The van der Waals surface area contributed by atoms with E-state index in [2.05, 4.69) is 16.9 Å². The SMILES string of the molecule is Cc1cnc(C(=O)N(C)C2CCN(C)CC2)o1. The molecule has 0 atom stereocenters. The van der Waals surface area contributed by atoms with Crippen molar-refractivity contribution in [1.29, 1.82) is 0 Å². The van der Waals surface area contributed by atoms with Gasteiger partial charge in [-0.3, -0.25) is 4.79 Å². The number of amides is 1. The first-order chi connectivity index (χ1) is 8.08. The van der Waals surface area contributed by atoms with Gasteiger partial charge in [-0.2, -0.15) is 0 Å². The summed E-state index contributed by atoms with van der Waals surface area (Å²) in [6.07, 6.45) is 3.60. The number of oxazole rings is 1. The minimum Gasteiger partial charge on any atom is -0.438 e. The average molecular weight is 237 g/mol. The van der Waals surface area contributed by atoms with Gasteiger partial charge in [0.1, 0.15) is 5.76 Å². The second kappa shape index (κ2) is 4.87. The zero-order valence-corrected chi connectivity index (χ0v) is 10.6. The lowest BCUT2D eigenvalue weighted by Gasteiger charge is -2.34. The molecule has 1 aromatic rings. The van der Waals surface area contributed by atoms with Crippen LogP contribution in [0.3, 0.4) is 0 Å². The summed E-state index contributed by atoms with van der Waals surface area (Å²) in [6, 6.07) is 0.297. The third kappa shape index (κ3) is 2.66. The van der Waals surface area contributed by atoms with E-state index in [1.165, 1.54) is 0 Å². The minimum atomic E-state index is -0.118. The predicted molar refractivity (Wildman–Crippen MR) is 63.9 cm³/mol. The van der Waals surface area contributed by atoms with E-state index in [4.69, 9.17) is 4.42 Å². The number of piperidine rings is 1. The Morgan fingerprint density at radius 1 is 1.53 bits per heavy atom. The Labute approximate surface area is 101 Å². The van der Waals surface area contributed by atoms with Gasteiger partial charge < -0.3 is 14.2 Å². The molecule has 1 saturated heterocycles. The standard InChI is InChI=1S/C12H19N3O2/c1-9-8-13-11(17-9)12(16)15(3)10-4-6-14(2)7-5-10/h8,10H,4-7H2,1-3H3. The summed E-state index contributed by atoms with van der Waals surface area (Å²) < 4.78 is 5.27. The molecule has 0 bridgehead atoms. The van der Waals surface area contributed by atoms with Crippen molar-refractivity contribution in [1.82, 2.24) is 14.8 Å². The van der Waals surface area contributed by atoms with Crippen molar-refractivity contribution < 1.29 is 9.21 Å². The third-order valence-corrected chi connectivity index (χ3v) is 3.36. The number of carbonyl (C=O) groups excluding carboxylic acids is 1. The maximum absolute atomic E-state index is 12.1. The van der Waals surface area contributed by atoms with Gasteiger partial charge in [-0.15, -0.1) is 0 Å². The lowest BCUT2D eigenvalue weighted by molar-refractivity contribution is 0.0619. The molecule has 1 aromatic heterocycles. The Balaban J connectivity index is 2.00. The molecule has 1 aliphatic heterocycles. The molecule has 1 aliphatic rings. The summed E-state index contributed by atoms with van der Waals surface area (Å²) in [5.41, 5.74) is 0. The van der Waals surface area contributed by atoms with E-state index in [0.29, 0.717) is 11.8 Å². The molecule has 0 saturated carbocycles. The van der Waals surface area contributed by atoms with Crippen LogP contribution >= 0.6 is 0 Å². The van der Waals surface area contributed by atoms with Gasteiger partial charge in [0.05, 0.1) is 6.20 Å². The monoisotopic (exact) mass is 237 g/mol. The quantitative estimate of drug-likeness (QED) is 0.774. The number of aromatic nitrogens is 1. The Morgan fingerprint density at radius 3 is 2.71 bits per heavy atom. The molecule has 5 heteroatoms. The van der Waals surface area contributed by atoms with Gasteiger partial charge in [-0.25, -0.2) is 4.98 Å². The summed E-state index contributed by atoms with van der Waals surface area (Å²) in [4.78, 5) is 20.1. The van der Waals surface area contributed by atoms with Crippen LogP contribution in [0, 0.1) is 6.92 Å². The van der Waals surface area contributed by atoms with Gasteiger partial charge in [0.25, 0.3) is 5.89 Å². The van der Waals surface area contributed by atoms with E-state index in [1.54, 1.807) is 18.0 Å². The number of hydrogen-bond donors (Lipinski definition) is 0. The smallest absolute Gasteiger partial charge is 0.309 e. The van der Waals surface area contributed by atoms with Crippen molar-refractivity contribution >= 4 is 5.91 Å². The van der Waals surface area contributed by atoms with Crippen LogP contribution in [0.25, 0.3) is 0 Å². The maximum Gasteiger partial charge on any atom is 0.309 e. The van der Waals surface area contributed by atoms with E-state index < -0.39 is 0 Å². The highest BCUT2D eigenvalue weighted by Gasteiger charge is 2.26. The number of nitrogens with zero attached hydrogens (tertiary/aromatic N) is 3. The Morgan fingerprint density at radius 2 is 2.18 bits per heavy atom. The van der Waals surface area contributed by atoms with Crippen molar-refractivity contribution in [2.75, 3.05) is 27.2 Å². The van der Waals surface area contributed by atoms with Gasteiger partial charge in [-0.1, -0.05) is 0 Å². The maximum atomic E-state index is 12.1. The van der Waals surface area contributed by atoms with Crippen LogP contribution in [0.4, 0.5) is 0 Å². The van der Waals surface area contributed by atoms with E-state index in [1.807, 2.05) is 7.05 Å². The van der Waals surface area contributed by atoms with Crippen LogP contribution in [0.2, 0.25) is 0 Å². The summed E-state index contributed by atoms with van der Waals surface area (Å²) in [7, 11) is 3.94. The summed E-state index contributed by atoms with van der Waals surface area (Å²) in [6.45, 7) is 3.86. The molecule has 0 unspecified atom stereocenters. The van der Waals surface area contributed by atoms with Crippen molar-refractivity contribution in [3.8, 4) is 0 Å². The van der Waals surface area contributed by atoms with Gasteiger partial charge >= 0.3 is 5.91 Å². The Kier molecular flexibility index (Phi) is 3.47. The van der Waals surface area contributed by atoms with Crippen molar-refractivity contribution in [3.63, 3.8) is 0 Å². The fourth-order valence-corrected chi connectivity index (χ4v) is 2.15. The van der Waals surface area contributed by atoms with Crippen molar-refractivity contribution in [2.45, 2.75) is 25.8 Å². The van der Waals surface area contributed by atoms with Gasteiger partial charge in [0.15, 0.2) is 0 Å². The molecular formula is C12H19N3O2. The molecule has 0 aromatic carbocycles. The van der Waals surface area contributed by atoms with E-state index in [0.717, 1.165) is 25.9 Å². The first-order valence-corrected chi connectivity index (χ1v) is 5.96. The Hall–Kier alpha value is -1.36. The first kappa shape index (κ1) is 12.1. The number of carbonyl (C=O) groups is 1. The van der Waals surface area contributed by atoms with Crippen molar-refractivity contribution in [3.05, 3.63) is 17.8 Å². The van der Waals surface area contributed by atoms with Gasteiger partial charge in [0, 0.05) is 13.1 Å². The van der Waals surface area contributed by atoms with E-state index in [-0.39, 0.29) is 11.8 Å². The predicted octanol–water partition coefficient (Wildman–Crippen LogP) is 1.15. The molecule has 0 aliphatic carbocycles. The zero-order valence-electron chi connectivity index (χ0n) is 10.6. The van der Waals surface area contributed by atoms with Crippen LogP contribution in [0.5, 0.6) is 0 Å². The van der Waals surface area contributed by atoms with Crippen LogP contribution < -0.4 is 0 Å². The first-order valence-electron chi connectivity index (χ1n) is 5.96. The fraction of sp³-hybridized carbons (Fsp3) is 0.667. The fourth-order valence-electron chi connectivity index (χ4n) is 2.15. The normalized spacial score (nSPS) is 18.3. The highest BCUT2D eigenvalue weighted by molar-refractivity contribution is 5.89. The molecule has 0 spiro atoms. The summed E-state index contributed by atoms with van der Waals surface area (Å²) in [5.74, 6) is 0.752. The second-order valence-electron chi connectivity index (χ2n) is 4.73. The van der Waals surface area contributed by atoms with Gasteiger partial charge in [0.2, 0.25) is 0 Å². The van der Waals surface area contributed by atoms with Crippen LogP contribution in [-0.4, -0.2) is 53.9 Å². The molecule has 2 heterocycles. The number of hydrogen-bond acceptors (Lipinski definition) is 4. The molecule has 1 amide bonds. The topological polar surface area (TPSA) is 49.6 Å². The molecule has 1 fully saturated rings. The molecule has 5 nitrogen and oxygen atoms in total. The lowest BCUT2D eigenvalue weighted by Crippen LogP contribution is -2.44. The molecule has 94 valence electrons. The Bertz CT molecular complexity index is 394. The van der Waals surface area contributed by atoms with Crippen LogP contribution in [-0.2, 0) is 0 Å². The number of likely N-dealkylation sites (tertiary alicyclic amines) is 1. The number of rotatable bonds is 2. The highest BCUT2D eigenvalue weighted by atomic mass is 16.4. The van der Waals surface area contributed by atoms with Crippen LogP contribution in [0.1, 0.15) is 29.3 Å². The highest BCUT2D eigenvalue weighted by Crippen LogP contribution is 2.16. The molecule has 17 heavy (non-hydrogen) atoms. The third-order valence-electron chi connectivity index (χ3n) is 3.36. The van der Waals surface area contributed by atoms with E-state index >= 15 is 0 Å². The molecule has 0 N–H and O–H groups in total. The average Bonchev–Trinajstić information content (AvgIpc) is 2.75. The molecular weight excluding hydrogens is 218 g/mol.